The van der Waals surface area contributed by atoms with Gasteiger partial charge in [-0.05, 0) is 12.5 Å². The van der Waals surface area contributed by atoms with Crippen molar-refractivity contribution in [1.29, 1.82) is 0 Å². The SMILES string of the molecule is CC(=O)OCC1=C(C(=O)O)N2C(=O)C(NC(=O)[C@H](NC(=O)N3CCN(N=Cc4cc(C)on4)C3=O)c3ccccc3)[C@H]2SC1. The van der Waals surface area contributed by atoms with E-state index in [9.17, 15) is 33.9 Å². The van der Waals surface area contributed by atoms with Gasteiger partial charge in [0.1, 0.15) is 41.2 Å². The molecule has 5 rings (SSSR count). The second-order valence-corrected chi connectivity index (χ2v) is 11.0. The molecule has 0 bridgehead atoms. The first-order chi connectivity index (χ1) is 21.0. The number of β-lactam (4-membered cyclic amide) rings is 1. The van der Waals surface area contributed by atoms with E-state index in [0.717, 1.165) is 14.8 Å². The van der Waals surface area contributed by atoms with Gasteiger partial charge in [0.15, 0.2) is 0 Å². The van der Waals surface area contributed by atoms with Crippen molar-refractivity contribution in [2.45, 2.75) is 31.3 Å². The van der Waals surface area contributed by atoms with Crippen molar-refractivity contribution >= 4 is 53.8 Å². The highest BCUT2D eigenvalue weighted by Crippen LogP contribution is 2.40. The average Bonchev–Trinajstić information content (AvgIpc) is 3.60. The third kappa shape index (κ3) is 6.12. The molecule has 6 amide bonds. The molecular weight excluding hydrogens is 598 g/mol. The van der Waals surface area contributed by atoms with Crippen molar-refractivity contribution < 1.29 is 43.1 Å². The third-order valence-corrected chi connectivity index (χ3v) is 8.21. The molecule has 2 fully saturated rings. The summed E-state index contributed by atoms with van der Waals surface area (Å²) in [6.07, 6.45) is 1.32. The number of benzene rings is 1. The highest BCUT2D eigenvalue weighted by molar-refractivity contribution is 8.00. The molecule has 0 spiro atoms. The van der Waals surface area contributed by atoms with Crippen molar-refractivity contribution in [3.05, 3.63) is 64.7 Å². The molecule has 3 atom stereocenters. The zero-order chi connectivity index (χ0) is 31.5. The lowest BCUT2D eigenvalue weighted by Gasteiger charge is -2.49. The van der Waals surface area contributed by atoms with E-state index in [1.165, 1.54) is 24.9 Å². The maximum atomic E-state index is 13.5. The maximum absolute atomic E-state index is 13.5. The number of esters is 1. The van der Waals surface area contributed by atoms with Crippen LogP contribution in [0, 0.1) is 6.92 Å². The number of ether oxygens (including phenoxy) is 1. The fourth-order valence-electron chi connectivity index (χ4n) is 4.76. The number of nitrogens with one attached hydrogen (secondary N) is 2. The summed E-state index contributed by atoms with van der Waals surface area (Å²) in [5, 5.41) is 23.1. The van der Waals surface area contributed by atoms with E-state index in [0.29, 0.717) is 17.0 Å². The number of carbonyl (C=O) groups is 6. The number of fused-ring (bicyclic) bond motifs is 1. The van der Waals surface area contributed by atoms with Crippen molar-refractivity contribution in [2.75, 3.05) is 25.4 Å². The van der Waals surface area contributed by atoms with Crippen LogP contribution in [0.25, 0.3) is 0 Å². The van der Waals surface area contributed by atoms with Gasteiger partial charge in [0.05, 0.1) is 19.3 Å². The minimum atomic E-state index is -1.37. The Labute approximate surface area is 254 Å². The van der Waals surface area contributed by atoms with Crippen LogP contribution < -0.4 is 10.6 Å². The van der Waals surface area contributed by atoms with Crippen LogP contribution in [-0.4, -0.2) is 104 Å². The van der Waals surface area contributed by atoms with E-state index in [-0.39, 0.29) is 36.7 Å². The van der Waals surface area contributed by atoms with Crippen LogP contribution in [-0.2, 0) is 23.9 Å². The molecule has 2 saturated heterocycles. The Kier molecular flexibility index (Phi) is 8.66. The number of aliphatic carboxylic acids is 1. The Morgan fingerprint density at radius 3 is 2.64 bits per heavy atom. The number of thioether (sulfide) groups is 1. The molecular formula is C27H27N7O9S. The minimum absolute atomic E-state index is 0.00224. The molecule has 3 N–H and O–H groups in total. The first-order valence-electron chi connectivity index (χ1n) is 13.3. The van der Waals surface area contributed by atoms with Crippen LogP contribution in [0.2, 0.25) is 0 Å². The topological polar surface area (TPSA) is 204 Å². The summed E-state index contributed by atoms with van der Waals surface area (Å²) in [5.74, 6) is -2.65. The summed E-state index contributed by atoms with van der Waals surface area (Å²) in [7, 11) is 0. The van der Waals surface area contributed by atoms with Gasteiger partial charge in [-0.1, -0.05) is 35.5 Å². The molecule has 4 heterocycles. The smallest absolute Gasteiger partial charge is 0.352 e. The monoisotopic (exact) mass is 625 g/mol. The first-order valence-corrected chi connectivity index (χ1v) is 14.4. The molecule has 3 aliphatic rings. The van der Waals surface area contributed by atoms with E-state index in [2.05, 4.69) is 20.9 Å². The normalized spacial score (nSPS) is 20.4. The number of urea groups is 2. The maximum Gasteiger partial charge on any atom is 0.352 e. The molecule has 230 valence electrons. The Morgan fingerprint density at radius 2 is 1.98 bits per heavy atom. The lowest BCUT2D eigenvalue weighted by Crippen LogP contribution is -2.71. The number of aryl methyl sites for hydroxylation is 1. The second kappa shape index (κ2) is 12.6. The number of imide groups is 1. The molecule has 16 nitrogen and oxygen atoms in total. The van der Waals surface area contributed by atoms with Crippen molar-refractivity contribution in [1.82, 2.24) is 30.6 Å². The quantitative estimate of drug-likeness (QED) is 0.202. The second-order valence-electron chi connectivity index (χ2n) is 9.89. The van der Waals surface area contributed by atoms with Crippen LogP contribution in [0.15, 0.2) is 57.3 Å². The summed E-state index contributed by atoms with van der Waals surface area (Å²) in [6, 6.07) is 5.91. The van der Waals surface area contributed by atoms with Crippen LogP contribution in [0.3, 0.4) is 0 Å². The number of carbonyl (C=O) groups excluding carboxylic acids is 5. The highest BCUT2D eigenvalue weighted by atomic mass is 32.2. The van der Waals surface area contributed by atoms with E-state index < -0.39 is 53.3 Å². The fraction of sp³-hybridized carbons (Fsp3) is 0.333. The lowest BCUT2D eigenvalue weighted by molar-refractivity contribution is -0.151. The molecule has 0 saturated carbocycles. The van der Waals surface area contributed by atoms with Crippen LogP contribution >= 0.6 is 11.8 Å². The summed E-state index contributed by atoms with van der Waals surface area (Å²) >= 11 is 1.20. The third-order valence-electron chi connectivity index (χ3n) is 6.87. The number of nitrogens with zero attached hydrogens (tertiary/aromatic N) is 5. The number of hydrogen-bond donors (Lipinski definition) is 3. The van der Waals surface area contributed by atoms with Crippen LogP contribution in [0.4, 0.5) is 9.59 Å². The van der Waals surface area contributed by atoms with Gasteiger partial charge in [0, 0.05) is 24.3 Å². The number of amides is 6. The van der Waals surface area contributed by atoms with Crippen LogP contribution in [0.1, 0.15) is 30.0 Å². The Morgan fingerprint density at radius 1 is 1.23 bits per heavy atom. The van der Waals surface area contributed by atoms with Crippen LogP contribution in [0.5, 0.6) is 0 Å². The molecule has 1 aromatic carbocycles. The fourth-order valence-corrected chi connectivity index (χ4v) is 6.09. The molecule has 2 aromatic rings. The van der Waals surface area contributed by atoms with Crippen molar-refractivity contribution in [2.24, 2.45) is 5.10 Å². The standard InChI is InChI=1S/C27H27N7O9S/c1-14-10-18(31-43-14)11-28-33-9-8-32(27(33)41)26(40)30-19(16-6-4-3-5-7-16)22(36)29-20-23(37)34-21(25(38)39)17(12-42-15(2)35)13-44-24(20)34/h3-7,10-11,19-20,24H,8-9,12-13H2,1-2H3,(H,29,36)(H,30,40)(H,38,39)/t19-,20?,24-/m1/s1. The number of aromatic nitrogens is 1. The molecule has 1 unspecified atom stereocenters. The first kappa shape index (κ1) is 30.3. The number of hydrazone groups is 1. The molecule has 3 aliphatic heterocycles. The van der Waals surface area contributed by atoms with Gasteiger partial charge in [-0.2, -0.15) is 5.10 Å². The van der Waals surface area contributed by atoms with E-state index >= 15 is 0 Å². The largest absolute Gasteiger partial charge is 0.477 e. The lowest BCUT2D eigenvalue weighted by atomic mass is 10.0. The number of carboxylic acid groups (broad SMARTS) is 1. The molecule has 0 aliphatic carbocycles. The zero-order valence-corrected chi connectivity index (χ0v) is 24.3. The highest BCUT2D eigenvalue weighted by Gasteiger charge is 2.54. The van der Waals surface area contributed by atoms with Gasteiger partial charge >= 0.3 is 24.0 Å². The van der Waals surface area contributed by atoms with Gasteiger partial charge in [-0.3, -0.25) is 19.3 Å². The number of hydrogen-bond acceptors (Lipinski definition) is 11. The summed E-state index contributed by atoms with van der Waals surface area (Å²) < 4.78 is 9.90. The van der Waals surface area contributed by atoms with E-state index in [1.807, 2.05) is 0 Å². The Hall–Kier alpha value is -5.19. The van der Waals surface area contributed by atoms with E-state index in [1.54, 1.807) is 43.3 Å². The van der Waals surface area contributed by atoms with Crippen molar-refractivity contribution in [3.63, 3.8) is 0 Å². The van der Waals surface area contributed by atoms with Crippen molar-refractivity contribution in [3.8, 4) is 0 Å². The Bertz CT molecular complexity index is 1570. The van der Waals surface area contributed by atoms with Gasteiger partial charge < -0.3 is 25.0 Å². The molecule has 1 aromatic heterocycles. The molecule has 44 heavy (non-hydrogen) atoms. The predicted molar refractivity (Wildman–Crippen MR) is 152 cm³/mol. The van der Waals surface area contributed by atoms with Gasteiger partial charge in [-0.25, -0.2) is 24.3 Å². The summed E-state index contributed by atoms with van der Waals surface area (Å²) in [4.78, 5) is 77.9. The number of carboxylic acids is 1. The minimum Gasteiger partial charge on any atom is -0.477 e. The van der Waals surface area contributed by atoms with E-state index in [4.69, 9.17) is 9.26 Å². The average molecular weight is 626 g/mol. The molecule has 0 radical (unpaired) electrons. The Balaban J connectivity index is 1.27. The summed E-state index contributed by atoms with van der Waals surface area (Å²) in [6.45, 7) is 2.71. The van der Waals surface area contributed by atoms with Gasteiger partial charge in [0.2, 0.25) is 5.91 Å². The predicted octanol–water partition coefficient (Wildman–Crippen LogP) is 0.807. The van der Waals surface area contributed by atoms with Gasteiger partial charge in [-0.15, -0.1) is 11.8 Å². The van der Waals surface area contributed by atoms with Gasteiger partial charge in [0.25, 0.3) is 5.91 Å². The molecule has 17 heteroatoms. The zero-order valence-electron chi connectivity index (χ0n) is 23.5. The summed E-state index contributed by atoms with van der Waals surface area (Å²) in [5.41, 5.74) is 0.741. The number of rotatable bonds is 9.